The Kier molecular flexibility index (Phi) is 5.72. The van der Waals surface area contributed by atoms with E-state index in [1.807, 2.05) is 4.83 Å². The third kappa shape index (κ3) is 3.99. The summed E-state index contributed by atoms with van der Waals surface area (Å²) in [5, 5.41) is 22.5. The average molecular weight is 430 g/mol. The Labute approximate surface area is 157 Å². The molecule has 24 heavy (non-hydrogen) atoms. The third-order valence-corrected chi connectivity index (χ3v) is 5.38. The minimum absolute atomic E-state index is 0.000335. The van der Waals surface area contributed by atoms with Gasteiger partial charge in [-0.3, -0.25) is 0 Å². The standard InChI is InChI=1S/C13H8Cl4N2O4S/c14-8-2-1-7(4-9(8)15)24(22,23)19-18-5-6-3-10(16)13(21)11(17)12(6)20/h1-5,19-21H/b18-5+. The lowest BCUT2D eigenvalue weighted by Crippen LogP contribution is -2.18. The van der Waals surface area contributed by atoms with E-state index in [2.05, 4.69) is 5.10 Å². The third-order valence-electron chi connectivity index (χ3n) is 2.78. The van der Waals surface area contributed by atoms with E-state index in [0.717, 1.165) is 18.3 Å². The highest BCUT2D eigenvalue weighted by atomic mass is 35.5. The number of nitrogens with one attached hydrogen (secondary N) is 1. The van der Waals surface area contributed by atoms with Crippen molar-refractivity contribution in [2.45, 2.75) is 4.90 Å². The highest BCUT2D eigenvalue weighted by molar-refractivity contribution is 7.89. The lowest BCUT2D eigenvalue weighted by atomic mass is 10.2. The summed E-state index contributed by atoms with van der Waals surface area (Å²) in [6.07, 6.45) is 0.974. The van der Waals surface area contributed by atoms with Gasteiger partial charge in [0.15, 0.2) is 5.75 Å². The van der Waals surface area contributed by atoms with Gasteiger partial charge in [0.25, 0.3) is 10.0 Å². The van der Waals surface area contributed by atoms with Crippen molar-refractivity contribution in [3.8, 4) is 11.5 Å². The summed E-state index contributed by atoms with van der Waals surface area (Å²) >= 11 is 22.9. The Morgan fingerprint density at radius 2 is 1.62 bits per heavy atom. The number of benzene rings is 2. The predicted molar refractivity (Wildman–Crippen MR) is 94.2 cm³/mol. The molecule has 11 heteroatoms. The molecule has 0 amide bonds. The number of nitrogens with zero attached hydrogens (tertiary/aromatic N) is 1. The van der Waals surface area contributed by atoms with Gasteiger partial charge in [0.2, 0.25) is 0 Å². The second kappa shape index (κ2) is 7.25. The zero-order chi connectivity index (χ0) is 18.1. The maximum atomic E-state index is 12.1. The van der Waals surface area contributed by atoms with Crippen molar-refractivity contribution in [1.82, 2.24) is 4.83 Å². The highest BCUT2D eigenvalue weighted by Gasteiger charge is 2.16. The summed E-state index contributed by atoms with van der Waals surface area (Å²) in [4.78, 5) is 1.78. The van der Waals surface area contributed by atoms with Gasteiger partial charge in [-0.25, -0.2) is 4.83 Å². The molecule has 0 heterocycles. The van der Waals surface area contributed by atoms with E-state index in [9.17, 15) is 18.6 Å². The molecule has 0 atom stereocenters. The van der Waals surface area contributed by atoms with Gasteiger partial charge >= 0.3 is 0 Å². The molecule has 128 valence electrons. The number of sulfonamides is 1. The topological polar surface area (TPSA) is 99.0 Å². The summed E-state index contributed by atoms with van der Waals surface area (Å²) in [5.41, 5.74) is -0.000335. The van der Waals surface area contributed by atoms with E-state index in [-0.39, 0.29) is 30.5 Å². The van der Waals surface area contributed by atoms with Crippen LogP contribution in [0.15, 0.2) is 34.3 Å². The smallest absolute Gasteiger partial charge is 0.276 e. The van der Waals surface area contributed by atoms with E-state index in [1.54, 1.807) is 0 Å². The number of phenols is 2. The number of phenolic OH excluding ortho intramolecular Hbond substituents is 2. The largest absolute Gasteiger partial charge is 0.506 e. The monoisotopic (exact) mass is 428 g/mol. The fourth-order valence-corrected chi connectivity index (χ4v) is 3.23. The average Bonchev–Trinajstić information content (AvgIpc) is 2.52. The van der Waals surface area contributed by atoms with Crippen LogP contribution in [0.25, 0.3) is 0 Å². The maximum Gasteiger partial charge on any atom is 0.276 e. The Balaban J connectivity index is 2.26. The van der Waals surface area contributed by atoms with Gasteiger partial charge < -0.3 is 10.2 Å². The normalized spacial score (nSPS) is 11.8. The quantitative estimate of drug-likeness (QED) is 0.504. The van der Waals surface area contributed by atoms with Crippen molar-refractivity contribution in [1.29, 1.82) is 0 Å². The summed E-state index contributed by atoms with van der Waals surface area (Å²) in [7, 11) is -4.00. The Morgan fingerprint density at radius 3 is 2.25 bits per heavy atom. The molecule has 0 saturated heterocycles. The maximum absolute atomic E-state index is 12.1. The van der Waals surface area contributed by atoms with Gasteiger partial charge in [-0.05, 0) is 24.3 Å². The SMILES string of the molecule is O=S(=O)(N/N=C/c1cc(Cl)c(O)c(Cl)c1O)c1ccc(Cl)c(Cl)c1. The molecule has 2 rings (SSSR count). The minimum Gasteiger partial charge on any atom is -0.506 e. The molecule has 0 aliphatic carbocycles. The van der Waals surface area contributed by atoms with Crippen LogP contribution < -0.4 is 4.83 Å². The predicted octanol–water partition coefficient (Wildman–Crippen LogP) is 4.02. The van der Waals surface area contributed by atoms with Gasteiger partial charge in [-0.15, -0.1) is 0 Å². The first kappa shape index (κ1) is 19.0. The first-order valence-electron chi connectivity index (χ1n) is 6.03. The van der Waals surface area contributed by atoms with Crippen LogP contribution in [0.5, 0.6) is 11.5 Å². The molecule has 6 nitrogen and oxygen atoms in total. The second-order valence-corrected chi connectivity index (χ2v) is 7.65. The van der Waals surface area contributed by atoms with Crippen LogP contribution in [-0.2, 0) is 10.0 Å². The van der Waals surface area contributed by atoms with E-state index in [4.69, 9.17) is 46.4 Å². The first-order valence-corrected chi connectivity index (χ1v) is 9.03. The van der Waals surface area contributed by atoms with Crippen LogP contribution in [0.1, 0.15) is 5.56 Å². The molecule has 0 aliphatic rings. The molecule has 0 radical (unpaired) electrons. The fraction of sp³-hybridized carbons (Fsp3) is 0. The molecule has 2 aromatic rings. The van der Waals surface area contributed by atoms with Crippen molar-refractivity contribution >= 4 is 62.6 Å². The molecule has 0 fully saturated rings. The van der Waals surface area contributed by atoms with Gasteiger partial charge in [0.1, 0.15) is 10.8 Å². The second-order valence-electron chi connectivity index (χ2n) is 4.39. The molecular formula is C13H8Cl4N2O4S. The summed E-state index contributed by atoms with van der Waals surface area (Å²) in [6, 6.07) is 4.90. The minimum atomic E-state index is -4.00. The van der Waals surface area contributed by atoms with Crippen molar-refractivity contribution < 1.29 is 18.6 Å². The number of rotatable bonds is 4. The summed E-state index contributed by atoms with van der Waals surface area (Å²) in [5.74, 6) is -1.000. The Morgan fingerprint density at radius 1 is 0.958 bits per heavy atom. The highest BCUT2D eigenvalue weighted by Crippen LogP contribution is 2.40. The van der Waals surface area contributed by atoms with Gasteiger partial charge in [0, 0.05) is 5.56 Å². The van der Waals surface area contributed by atoms with E-state index in [0.29, 0.717) is 0 Å². The molecule has 0 unspecified atom stereocenters. The fourth-order valence-electron chi connectivity index (χ4n) is 1.58. The number of hydrazone groups is 1. The molecule has 2 aromatic carbocycles. The van der Waals surface area contributed by atoms with Gasteiger partial charge in [-0.1, -0.05) is 46.4 Å². The van der Waals surface area contributed by atoms with E-state index < -0.39 is 21.5 Å². The lowest BCUT2D eigenvalue weighted by molar-refractivity contribution is 0.450. The van der Waals surface area contributed by atoms with Crippen molar-refractivity contribution in [3.05, 3.63) is 49.9 Å². The van der Waals surface area contributed by atoms with Crippen molar-refractivity contribution in [3.63, 3.8) is 0 Å². The number of halogens is 4. The molecule has 0 aliphatic heterocycles. The molecular weight excluding hydrogens is 422 g/mol. The van der Waals surface area contributed by atoms with Gasteiger partial charge in [-0.2, -0.15) is 13.5 Å². The van der Waals surface area contributed by atoms with Crippen LogP contribution in [0.2, 0.25) is 20.1 Å². The molecule has 0 bridgehead atoms. The number of aromatic hydroxyl groups is 2. The van der Waals surface area contributed by atoms with Crippen molar-refractivity contribution in [2.75, 3.05) is 0 Å². The molecule has 3 N–H and O–H groups in total. The van der Waals surface area contributed by atoms with E-state index >= 15 is 0 Å². The van der Waals surface area contributed by atoms with E-state index in [1.165, 1.54) is 12.1 Å². The molecule has 0 spiro atoms. The Hall–Kier alpha value is -1.38. The lowest BCUT2D eigenvalue weighted by Gasteiger charge is -2.07. The number of hydrogen-bond donors (Lipinski definition) is 3. The zero-order valence-electron chi connectivity index (χ0n) is 11.5. The summed E-state index contributed by atoms with van der Waals surface area (Å²) < 4.78 is 24.2. The van der Waals surface area contributed by atoms with Crippen LogP contribution in [0.3, 0.4) is 0 Å². The van der Waals surface area contributed by atoms with Crippen LogP contribution >= 0.6 is 46.4 Å². The van der Waals surface area contributed by atoms with Gasteiger partial charge in [0.05, 0.1) is 26.2 Å². The van der Waals surface area contributed by atoms with Crippen LogP contribution in [0.4, 0.5) is 0 Å². The van der Waals surface area contributed by atoms with Crippen LogP contribution in [0, 0.1) is 0 Å². The zero-order valence-corrected chi connectivity index (χ0v) is 15.3. The molecule has 0 saturated carbocycles. The number of hydrogen-bond acceptors (Lipinski definition) is 5. The Bertz CT molecular complexity index is 932. The summed E-state index contributed by atoms with van der Waals surface area (Å²) in [6.45, 7) is 0. The first-order chi connectivity index (χ1) is 11.1. The van der Waals surface area contributed by atoms with Crippen molar-refractivity contribution in [2.24, 2.45) is 5.10 Å². The van der Waals surface area contributed by atoms with Crippen LogP contribution in [-0.4, -0.2) is 24.8 Å². The molecule has 0 aromatic heterocycles.